The van der Waals surface area contributed by atoms with Crippen LogP contribution in [0.25, 0.3) is 0 Å². The second-order valence-electron chi connectivity index (χ2n) is 9.90. The number of ether oxygens (including phenoxy) is 1. The molecule has 2 aromatic rings. The van der Waals surface area contributed by atoms with Crippen molar-refractivity contribution < 1.29 is 23.4 Å². The summed E-state index contributed by atoms with van der Waals surface area (Å²) in [5.41, 5.74) is 2.09. The van der Waals surface area contributed by atoms with Gasteiger partial charge in [-0.3, -0.25) is 0 Å². The van der Waals surface area contributed by atoms with Gasteiger partial charge in [0.2, 0.25) is 10.0 Å². The third-order valence-electron chi connectivity index (χ3n) is 8.39. The number of aliphatic hydroxyl groups excluding tert-OH is 1. The van der Waals surface area contributed by atoms with Gasteiger partial charge in [0.25, 0.3) is 0 Å². The lowest BCUT2D eigenvalue weighted by Crippen LogP contribution is -2.47. The highest BCUT2D eigenvalue weighted by Gasteiger charge is 2.58. The molecule has 4 unspecified atom stereocenters. The SMILES string of the molecule is COc1cc2c(cc1O)CCC1C2CC[C@@]2(C)C1CC(NS(=O)(=O)c1ccccc1)[C@@H]2O. The lowest BCUT2D eigenvalue weighted by atomic mass is 9.55. The van der Waals surface area contributed by atoms with Crippen LogP contribution in [0.2, 0.25) is 0 Å². The zero-order chi connectivity index (χ0) is 22.7. The molecule has 6 atom stereocenters. The fraction of sp³-hybridized carbons (Fsp3) is 0.520. The third-order valence-corrected chi connectivity index (χ3v) is 9.89. The fourth-order valence-electron chi connectivity index (χ4n) is 6.75. The highest BCUT2D eigenvalue weighted by Crippen LogP contribution is 2.61. The summed E-state index contributed by atoms with van der Waals surface area (Å²) in [4.78, 5) is 0.226. The molecule has 6 nitrogen and oxygen atoms in total. The maximum Gasteiger partial charge on any atom is 0.240 e. The van der Waals surface area contributed by atoms with Crippen LogP contribution in [0.5, 0.6) is 11.5 Å². The predicted molar refractivity (Wildman–Crippen MR) is 121 cm³/mol. The van der Waals surface area contributed by atoms with Gasteiger partial charge in [0, 0.05) is 6.04 Å². The van der Waals surface area contributed by atoms with E-state index < -0.39 is 22.2 Å². The van der Waals surface area contributed by atoms with Gasteiger partial charge < -0.3 is 14.9 Å². The summed E-state index contributed by atoms with van der Waals surface area (Å²) in [5, 5.41) is 21.5. The van der Waals surface area contributed by atoms with Gasteiger partial charge in [0.05, 0.1) is 18.1 Å². The Morgan fingerprint density at radius 3 is 2.62 bits per heavy atom. The highest BCUT2D eigenvalue weighted by molar-refractivity contribution is 7.89. The molecule has 32 heavy (non-hydrogen) atoms. The number of nitrogens with one attached hydrogen (secondary N) is 1. The summed E-state index contributed by atoms with van der Waals surface area (Å²) >= 11 is 0. The normalized spacial score (nSPS) is 33.8. The number of hydrogen-bond donors (Lipinski definition) is 3. The number of fused-ring (bicyclic) bond motifs is 5. The van der Waals surface area contributed by atoms with E-state index in [2.05, 4.69) is 11.6 Å². The smallest absolute Gasteiger partial charge is 0.240 e. The molecule has 0 radical (unpaired) electrons. The van der Waals surface area contributed by atoms with Gasteiger partial charge in [-0.2, -0.15) is 0 Å². The van der Waals surface area contributed by atoms with Gasteiger partial charge in [0.1, 0.15) is 0 Å². The molecule has 0 aromatic heterocycles. The first-order chi connectivity index (χ1) is 15.2. The molecule has 2 fully saturated rings. The molecular weight excluding hydrogens is 426 g/mol. The van der Waals surface area contributed by atoms with Gasteiger partial charge in [0.15, 0.2) is 11.5 Å². The quantitative estimate of drug-likeness (QED) is 0.652. The Balaban J connectivity index is 1.43. The number of aliphatic hydroxyl groups is 1. The number of benzene rings is 2. The van der Waals surface area contributed by atoms with Crippen LogP contribution in [0.4, 0.5) is 0 Å². The van der Waals surface area contributed by atoms with Gasteiger partial charge >= 0.3 is 0 Å². The molecule has 5 rings (SSSR count). The average molecular weight is 458 g/mol. The Bertz CT molecular complexity index is 1120. The van der Waals surface area contributed by atoms with Crippen molar-refractivity contribution in [3.63, 3.8) is 0 Å². The van der Waals surface area contributed by atoms with Crippen molar-refractivity contribution in [1.82, 2.24) is 4.72 Å². The van der Waals surface area contributed by atoms with Crippen LogP contribution in [0.3, 0.4) is 0 Å². The summed E-state index contributed by atoms with van der Waals surface area (Å²) in [6.07, 6.45) is 3.55. The summed E-state index contributed by atoms with van der Waals surface area (Å²) in [7, 11) is -2.13. The average Bonchev–Trinajstić information content (AvgIpc) is 3.03. The van der Waals surface area contributed by atoms with E-state index in [-0.39, 0.29) is 22.0 Å². The Morgan fingerprint density at radius 2 is 1.91 bits per heavy atom. The summed E-state index contributed by atoms with van der Waals surface area (Å²) < 4.78 is 34.0. The van der Waals surface area contributed by atoms with Crippen LogP contribution in [-0.4, -0.2) is 37.9 Å². The minimum atomic E-state index is -3.69. The van der Waals surface area contributed by atoms with Gasteiger partial charge in [-0.15, -0.1) is 0 Å². The van der Waals surface area contributed by atoms with Crippen LogP contribution >= 0.6 is 0 Å². The van der Waals surface area contributed by atoms with Crippen molar-refractivity contribution in [1.29, 1.82) is 0 Å². The van der Waals surface area contributed by atoms with E-state index in [0.717, 1.165) is 25.7 Å². The van der Waals surface area contributed by atoms with Crippen molar-refractivity contribution in [3.05, 3.63) is 53.6 Å². The van der Waals surface area contributed by atoms with E-state index in [1.807, 2.05) is 12.1 Å². The number of rotatable bonds is 4. The maximum atomic E-state index is 12.9. The van der Waals surface area contributed by atoms with Gasteiger partial charge in [-0.1, -0.05) is 25.1 Å². The van der Waals surface area contributed by atoms with Crippen LogP contribution in [0.15, 0.2) is 47.4 Å². The number of aromatic hydroxyl groups is 1. The van der Waals surface area contributed by atoms with E-state index >= 15 is 0 Å². The number of aryl methyl sites for hydroxylation is 1. The number of sulfonamides is 1. The van der Waals surface area contributed by atoms with E-state index in [0.29, 0.717) is 24.0 Å². The Labute approximate surface area is 189 Å². The van der Waals surface area contributed by atoms with Crippen molar-refractivity contribution in [2.75, 3.05) is 7.11 Å². The summed E-state index contributed by atoms with van der Waals surface area (Å²) in [6.45, 7) is 2.13. The highest BCUT2D eigenvalue weighted by atomic mass is 32.2. The monoisotopic (exact) mass is 457 g/mol. The van der Waals surface area contributed by atoms with Crippen LogP contribution in [-0.2, 0) is 16.4 Å². The molecule has 0 spiro atoms. The molecule has 0 heterocycles. The fourth-order valence-corrected chi connectivity index (χ4v) is 8.03. The Hall–Kier alpha value is -2.09. The van der Waals surface area contributed by atoms with Crippen LogP contribution in [0.1, 0.15) is 49.7 Å². The largest absolute Gasteiger partial charge is 0.504 e. The van der Waals surface area contributed by atoms with Crippen molar-refractivity contribution >= 4 is 10.0 Å². The Morgan fingerprint density at radius 1 is 1.16 bits per heavy atom. The molecule has 3 aliphatic rings. The molecule has 3 aliphatic carbocycles. The molecule has 0 aliphatic heterocycles. The zero-order valence-corrected chi connectivity index (χ0v) is 19.3. The standard InChI is InChI=1S/C25H31NO5S/c1-25-11-10-17-18(9-8-15-12-22(27)23(31-2)13-19(15)17)20(25)14-21(24(25)28)26-32(29,30)16-6-4-3-5-7-16/h3-7,12-13,17-18,20-21,24,26-28H,8-11,14H2,1-2H3/t17?,18?,20?,21?,24-,25-/m0/s1. The maximum absolute atomic E-state index is 12.9. The lowest BCUT2D eigenvalue weighted by Gasteiger charge is -2.50. The first-order valence-corrected chi connectivity index (χ1v) is 12.9. The topological polar surface area (TPSA) is 95.9 Å². The molecule has 0 amide bonds. The first kappa shape index (κ1) is 21.7. The Kier molecular flexibility index (Phi) is 5.26. The van der Waals surface area contributed by atoms with Gasteiger partial charge in [-0.05, 0) is 90.7 Å². The molecule has 172 valence electrons. The molecule has 3 N–H and O–H groups in total. The number of phenolic OH excluding ortho intramolecular Hbond substituents is 1. The molecule has 2 aromatic carbocycles. The summed E-state index contributed by atoms with van der Waals surface area (Å²) in [6, 6.07) is 11.7. The van der Waals surface area contributed by atoms with Crippen molar-refractivity contribution in [2.24, 2.45) is 17.3 Å². The predicted octanol–water partition coefficient (Wildman–Crippen LogP) is 3.57. The van der Waals surface area contributed by atoms with Crippen LogP contribution < -0.4 is 9.46 Å². The number of methoxy groups -OCH3 is 1. The van der Waals surface area contributed by atoms with E-state index in [1.165, 1.54) is 11.1 Å². The van der Waals surface area contributed by atoms with E-state index in [9.17, 15) is 18.6 Å². The van der Waals surface area contributed by atoms with Crippen molar-refractivity contribution in [3.8, 4) is 11.5 Å². The van der Waals surface area contributed by atoms with Crippen LogP contribution in [0, 0.1) is 17.3 Å². The zero-order valence-electron chi connectivity index (χ0n) is 18.5. The number of phenols is 1. The molecule has 2 saturated carbocycles. The molecule has 7 heteroatoms. The van der Waals surface area contributed by atoms with E-state index in [4.69, 9.17) is 4.74 Å². The molecule has 0 bridgehead atoms. The summed E-state index contributed by atoms with van der Waals surface area (Å²) in [5.74, 6) is 1.61. The third kappa shape index (κ3) is 3.33. The van der Waals surface area contributed by atoms with E-state index in [1.54, 1.807) is 37.4 Å². The van der Waals surface area contributed by atoms with Crippen molar-refractivity contribution in [2.45, 2.75) is 62.0 Å². The molecule has 0 saturated heterocycles. The number of hydrogen-bond acceptors (Lipinski definition) is 5. The second kappa shape index (κ2) is 7.75. The second-order valence-corrected chi connectivity index (χ2v) is 11.6. The first-order valence-electron chi connectivity index (χ1n) is 11.4. The van der Waals surface area contributed by atoms with Gasteiger partial charge in [-0.25, -0.2) is 13.1 Å². The minimum Gasteiger partial charge on any atom is -0.504 e. The lowest BCUT2D eigenvalue weighted by molar-refractivity contribution is -0.0266. The minimum absolute atomic E-state index is 0.178. The molecular formula is C25H31NO5S.